The average molecular weight is 339 g/mol. The van der Waals surface area contributed by atoms with Gasteiger partial charge < -0.3 is 21.1 Å². The molecular weight excluding hydrogens is 319 g/mol. The summed E-state index contributed by atoms with van der Waals surface area (Å²) in [5.41, 5.74) is 0. The van der Waals surface area contributed by atoms with Crippen molar-refractivity contribution in [2.24, 2.45) is 0 Å². The number of halogens is 3. The molecule has 0 spiro atoms. The molecule has 0 bridgehead atoms. The Hall–Kier alpha value is -2.00. The molecule has 1 atom stereocenters. The summed E-state index contributed by atoms with van der Waals surface area (Å²) >= 11 is 0. The zero-order valence-corrected chi connectivity index (χ0v) is 12.4. The fraction of sp³-hybridized carbons (Fsp3) is 0.769. The molecule has 0 saturated heterocycles. The number of amides is 3. The number of hydrogen-bond donors (Lipinski definition) is 4. The van der Waals surface area contributed by atoms with E-state index in [9.17, 15) is 27.6 Å². The van der Waals surface area contributed by atoms with Crippen molar-refractivity contribution < 1.29 is 32.7 Å². The Kier molecular flexibility index (Phi) is 7.11. The molecule has 0 radical (unpaired) electrons. The predicted molar refractivity (Wildman–Crippen MR) is 73.6 cm³/mol. The Morgan fingerprint density at radius 1 is 1.13 bits per heavy atom. The third-order valence-corrected chi connectivity index (χ3v) is 3.42. The second-order valence-electron chi connectivity index (χ2n) is 5.44. The summed E-state index contributed by atoms with van der Waals surface area (Å²) in [6, 6.07) is -2.66. The number of carbonyl (C=O) groups is 3. The van der Waals surface area contributed by atoms with Crippen molar-refractivity contribution >= 4 is 17.9 Å². The van der Waals surface area contributed by atoms with Gasteiger partial charge in [0, 0.05) is 6.04 Å². The summed E-state index contributed by atoms with van der Waals surface area (Å²) in [4.78, 5) is 33.7. The van der Waals surface area contributed by atoms with Crippen LogP contribution < -0.4 is 16.0 Å². The van der Waals surface area contributed by atoms with Gasteiger partial charge in [-0.1, -0.05) is 19.3 Å². The SMILES string of the molecule is O=C(CNC(=O)NC1CCCCC1)NC(CC(F)(F)F)C(=O)O. The van der Waals surface area contributed by atoms with Gasteiger partial charge >= 0.3 is 18.2 Å². The standard InChI is InChI=1S/C13H20F3N3O4/c14-13(15,16)6-9(11(21)22)19-10(20)7-17-12(23)18-8-4-2-1-3-5-8/h8-9H,1-7H2,(H,19,20)(H,21,22)(H2,17,18,23). The number of nitrogens with one attached hydrogen (secondary N) is 3. The number of hydrogen-bond acceptors (Lipinski definition) is 3. The minimum atomic E-state index is -4.72. The molecule has 0 aromatic rings. The van der Waals surface area contributed by atoms with Crippen LogP contribution in [0.1, 0.15) is 38.5 Å². The topological polar surface area (TPSA) is 108 Å². The average Bonchev–Trinajstić information content (AvgIpc) is 2.44. The lowest BCUT2D eigenvalue weighted by molar-refractivity contribution is -0.159. The molecule has 1 fully saturated rings. The lowest BCUT2D eigenvalue weighted by atomic mass is 9.96. The van der Waals surface area contributed by atoms with E-state index in [0.29, 0.717) is 0 Å². The van der Waals surface area contributed by atoms with Gasteiger partial charge in [-0.2, -0.15) is 13.2 Å². The van der Waals surface area contributed by atoms with Gasteiger partial charge in [0.2, 0.25) is 5.91 Å². The minimum absolute atomic E-state index is 0.0174. The molecule has 1 unspecified atom stereocenters. The minimum Gasteiger partial charge on any atom is -0.480 e. The Bertz CT molecular complexity index is 437. The largest absolute Gasteiger partial charge is 0.480 e. The van der Waals surface area contributed by atoms with Crippen molar-refractivity contribution in [2.45, 2.75) is 56.8 Å². The van der Waals surface area contributed by atoms with Gasteiger partial charge in [-0.05, 0) is 12.8 Å². The summed E-state index contributed by atoms with van der Waals surface area (Å²) in [6.45, 7) is -0.597. The highest BCUT2D eigenvalue weighted by molar-refractivity contribution is 5.87. The van der Waals surface area contributed by atoms with Crippen molar-refractivity contribution in [1.82, 2.24) is 16.0 Å². The first-order chi connectivity index (χ1) is 10.7. The Balaban J connectivity index is 2.33. The number of carboxylic acids is 1. The van der Waals surface area contributed by atoms with Crippen molar-refractivity contribution in [1.29, 1.82) is 0 Å². The molecule has 4 N–H and O–H groups in total. The number of aliphatic carboxylic acids is 1. The van der Waals surface area contributed by atoms with Crippen LogP contribution in [0, 0.1) is 0 Å². The van der Waals surface area contributed by atoms with E-state index >= 15 is 0 Å². The molecule has 0 heterocycles. The van der Waals surface area contributed by atoms with E-state index in [4.69, 9.17) is 5.11 Å². The molecule has 0 aromatic heterocycles. The van der Waals surface area contributed by atoms with E-state index < -0.39 is 43.1 Å². The summed E-state index contributed by atoms with van der Waals surface area (Å²) < 4.78 is 36.6. The smallest absolute Gasteiger partial charge is 0.391 e. The van der Waals surface area contributed by atoms with E-state index in [1.807, 2.05) is 0 Å². The molecular formula is C13H20F3N3O4. The van der Waals surface area contributed by atoms with Gasteiger partial charge in [-0.25, -0.2) is 9.59 Å². The predicted octanol–water partition coefficient (Wildman–Crippen LogP) is 1.14. The zero-order chi connectivity index (χ0) is 17.5. The van der Waals surface area contributed by atoms with Crippen LogP contribution in [0.5, 0.6) is 0 Å². The third-order valence-electron chi connectivity index (χ3n) is 3.42. The molecule has 3 amide bonds. The van der Waals surface area contributed by atoms with Crippen molar-refractivity contribution in [3.05, 3.63) is 0 Å². The van der Waals surface area contributed by atoms with Gasteiger partial charge in [0.05, 0.1) is 13.0 Å². The number of urea groups is 1. The summed E-state index contributed by atoms with van der Waals surface area (Å²) in [5.74, 6) is -2.79. The molecule has 1 aliphatic carbocycles. The Morgan fingerprint density at radius 3 is 2.26 bits per heavy atom. The van der Waals surface area contributed by atoms with E-state index in [1.165, 1.54) is 0 Å². The molecule has 0 aromatic carbocycles. The van der Waals surface area contributed by atoms with E-state index in [0.717, 1.165) is 32.1 Å². The van der Waals surface area contributed by atoms with E-state index in [1.54, 1.807) is 5.32 Å². The van der Waals surface area contributed by atoms with Crippen LogP contribution in [0.3, 0.4) is 0 Å². The maximum absolute atomic E-state index is 12.2. The number of carbonyl (C=O) groups excluding carboxylic acids is 2. The van der Waals surface area contributed by atoms with Crippen LogP contribution in [-0.2, 0) is 9.59 Å². The lowest BCUT2D eigenvalue weighted by Crippen LogP contribution is -2.50. The molecule has 10 heteroatoms. The third kappa shape index (κ3) is 8.27. The summed E-state index contributed by atoms with van der Waals surface area (Å²) in [5, 5.41) is 15.3. The maximum Gasteiger partial charge on any atom is 0.391 e. The van der Waals surface area contributed by atoms with Crippen molar-refractivity contribution in [3.8, 4) is 0 Å². The van der Waals surface area contributed by atoms with Gasteiger partial charge in [0.15, 0.2) is 0 Å². The quantitative estimate of drug-likeness (QED) is 0.582. The molecule has 132 valence electrons. The van der Waals surface area contributed by atoms with Gasteiger partial charge in [0.1, 0.15) is 6.04 Å². The van der Waals surface area contributed by atoms with Gasteiger partial charge in [-0.15, -0.1) is 0 Å². The van der Waals surface area contributed by atoms with Crippen molar-refractivity contribution in [3.63, 3.8) is 0 Å². The second kappa shape index (κ2) is 8.59. The summed E-state index contributed by atoms with van der Waals surface area (Å²) in [7, 11) is 0. The molecule has 1 saturated carbocycles. The lowest BCUT2D eigenvalue weighted by Gasteiger charge is -2.23. The van der Waals surface area contributed by atoms with Crippen LogP contribution in [0.15, 0.2) is 0 Å². The Morgan fingerprint density at radius 2 is 1.74 bits per heavy atom. The molecule has 23 heavy (non-hydrogen) atoms. The highest BCUT2D eigenvalue weighted by Crippen LogP contribution is 2.21. The number of rotatable bonds is 6. The highest BCUT2D eigenvalue weighted by atomic mass is 19.4. The zero-order valence-electron chi connectivity index (χ0n) is 12.4. The first kappa shape index (κ1) is 19.0. The molecule has 1 rings (SSSR count). The van der Waals surface area contributed by atoms with Crippen LogP contribution in [0.4, 0.5) is 18.0 Å². The molecule has 0 aliphatic heterocycles. The first-order valence-corrected chi connectivity index (χ1v) is 7.30. The fourth-order valence-electron chi connectivity index (χ4n) is 2.32. The van der Waals surface area contributed by atoms with Crippen LogP contribution in [0.25, 0.3) is 0 Å². The molecule has 7 nitrogen and oxygen atoms in total. The van der Waals surface area contributed by atoms with Crippen LogP contribution in [-0.4, -0.2) is 47.8 Å². The van der Waals surface area contributed by atoms with Crippen molar-refractivity contribution in [2.75, 3.05) is 6.54 Å². The fourth-order valence-corrected chi connectivity index (χ4v) is 2.32. The maximum atomic E-state index is 12.2. The second-order valence-corrected chi connectivity index (χ2v) is 5.44. The van der Waals surface area contributed by atoms with Gasteiger partial charge in [-0.3, -0.25) is 4.79 Å². The summed E-state index contributed by atoms with van der Waals surface area (Å²) in [6.07, 6.45) is -1.60. The molecule has 1 aliphatic rings. The monoisotopic (exact) mass is 339 g/mol. The number of carboxylic acid groups (broad SMARTS) is 1. The number of alkyl halides is 3. The van der Waals surface area contributed by atoms with Gasteiger partial charge in [0.25, 0.3) is 0 Å². The van der Waals surface area contributed by atoms with Crippen LogP contribution in [0.2, 0.25) is 0 Å². The Labute approximate surface area is 131 Å². The van der Waals surface area contributed by atoms with E-state index in [2.05, 4.69) is 10.6 Å². The van der Waals surface area contributed by atoms with Crippen LogP contribution >= 0.6 is 0 Å². The highest BCUT2D eigenvalue weighted by Gasteiger charge is 2.36. The van der Waals surface area contributed by atoms with E-state index in [-0.39, 0.29) is 6.04 Å². The first-order valence-electron chi connectivity index (χ1n) is 7.30. The normalized spacial score (nSPS) is 17.2.